The average Bonchev–Trinajstić information content (AvgIpc) is 3.44. The number of rotatable bonds is 5. The van der Waals surface area contributed by atoms with E-state index in [1.165, 1.54) is 12.4 Å². The van der Waals surface area contributed by atoms with E-state index in [2.05, 4.69) is 26.9 Å². The van der Waals surface area contributed by atoms with Crippen LogP contribution in [0.4, 0.5) is 4.39 Å². The van der Waals surface area contributed by atoms with Crippen LogP contribution in [0.2, 0.25) is 0 Å². The molecule has 2 saturated heterocycles. The molecule has 0 aliphatic carbocycles. The van der Waals surface area contributed by atoms with Gasteiger partial charge >= 0.3 is 0 Å². The molecule has 2 aromatic heterocycles. The van der Waals surface area contributed by atoms with Gasteiger partial charge in [0.25, 0.3) is 0 Å². The number of nitrogens with two attached hydrogens (primary N) is 1. The van der Waals surface area contributed by atoms with Gasteiger partial charge < -0.3 is 20.4 Å². The second-order valence-corrected chi connectivity index (χ2v) is 8.53. The number of carbonyl (C=O) groups is 1. The monoisotopic (exact) mass is 424 g/mol. The SMILES string of the molecule is Cc1c[nH]c2ncnc(Oc3ccc(C[C@H](N)C(=O)N4C[C@@H]5C[C@H]4CN5C)cc3F)c12. The minimum absolute atomic E-state index is 0.0594. The molecule has 0 saturated carbocycles. The number of likely N-dealkylation sites (N-methyl/N-ethyl adjacent to an activating group) is 1. The number of carbonyl (C=O) groups excluding carboxylic acids is 1. The number of hydrogen-bond donors (Lipinski definition) is 2. The number of H-pyrrole nitrogens is 1. The molecule has 3 atom stereocenters. The van der Waals surface area contributed by atoms with Crippen LogP contribution in [-0.2, 0) is 11.2 Å². The summed E-state index contributed by atoms with van der Waals surface area (Å²) in [4.78, 5) is 28.3. The van der Waals surface area contributed by atoms with Gasteiger partial charge in [-0.1, -0.05) is 6.07 Å². The number of benzene rings is 1. The molecule has 0 radical (unpaired) electrons. The van der Waals surface area contributed by atoms with Gasteiger partial charge in [0.05, 0.1) is 11.4 Å². The zero-order valence-electron chi connectivity index (χ0n) is 17.5. The predicted molar refractivity (Wildman–Crippen MR) is 113 cm³/mol. The van der Waals surface area contributed by atoms with Gasteiger partial charge in [0, 0.05) is 31.4 Å². The van der Waals surface area contributed by atoms with Crippen LogP contribution in [0, 0.1) is 12.7 Å². The number of piperazine rings is 1. The molecule has 9 heteroatoms. The minimum atomic E-state index is -0.695. The molecule has 2 aliphatic heterocycles. The maximum absolute atomic E-state index is 14.8. The molecular formula is C22H25FN6O2. The molecule has 4 heterocycles. The summed E-state index contributed by atoms with van der Waals surface area (Å²) in [6.07, 6.45) is 4.45. The van der Waals surface area contributed by atoms with Crippen LogP contribution >= 0.6 is 0 Å². The van der Waals surface area contributed by atoms with Gasteiger partial charge in [-0.25, -0.2) is 14.4 Å². The van der Waals surface area contributed by atoms with Crippen molar-refractivity contribution >= 4 is 16.9 Å². The number of amides is 1. The summed E-state index contributed by atoms with van der Waals surface area (Å²) in [6, 6.07) is 4.62. The Morgan fingerprint density at radius 3 is 2.90 bits per heavy atom. The Morgan fingerprint density at radius 1 is 1.35 bits per heavy atom. The average molecular weight is 424 g/mol. The fourth-order valence-electron chi connectivity index (χ4n) is 4.71. The second-order valence-electron chi connectivity index (χ2n) is 8.53. The van der Waals surface area contributed by atoms with Crippen molar-refractivity contribution < 1.29 is 13.9 Å². The van der Waals surface area contributed by atoms with E-state index in [-0.39, 0.29) is 30.0 Å². The lowest BCUT2D eigenvalue weighted by Gasteiger charge is -2.33. The zero-order chi connectivity index (χ0) is 21.7. The van der Waals surface area contributed by atoms with E-state index in [1.54, 1.807) is 18.3 Å². The van der Waals surface area contributed by atoms with Crippen LogP contribution in [0.25, 0.3) is 11.0 Å². The number of aromatic amines is 1. The number of likely N-dealkylation sites (tertiary alicyclic amines) is 2. The lowest BCUT2D eigenvalue weighted by atomic mass is 10.0. The first-order valence-corrected chi connectivity index (χ1v) is 10.4. The Labute approximate surface area is 179 Å². The Bertz CT molecular complexity index is 1150. The third kappa shape index (κ3) is 3.53. The third-order valence-electron chi connectivity index (χ3n) is 6.41. The van der Waals surface area contributed by atoms with Gasteiger partial charge in [-0.15, -0.1) is 0 Å². The first-order valence-electron chi connectivity index (χ1n) is 10.4. The van der Waals surface area contributed by atoms with Gasteiger partial charge in [-0.05, 0) is 50.1 Å². The Balaban J connectivity index is 1.28. The van der Waals surface area contributed by atoms with Gasteiger partial charge in [-0.2, -0.15) is 0 Å². The largest absolute Gasteiger partial charge is 0.435 e. The first kappa shape index (κ1) is 19.9. The number of hydrogen-bond acceptors (Lipinski definition) is 6. The van der Waals surface area contributed by atoms with Crippen molar-refractivity contribution in [3.8, 4) is 11.6 Å². The van der Waals surface area contributed by atoms with E-state index >= 15 is 0 Å². The molecule has 3 aromatic rings. The quantitative estimate of drug-likeness (QED) is 0.650. The maximum atomic E-state index is 14.8. The van der Waals surface area contributed by atoms with Crippen molar-refractivity contribution in [2.45, 2.75) is 37.9 Å². The van der Waals surface area contributed by atoms with E-state index < -0.39 is 11.9 Å². The number of nitrogens with one attached hydrogen (secondary N) is 1. The van der Waals surface area contributed by atoms with Gasteiger partial charge in [-0.3, -0.25) is 9.69 Å². The fraction of sp³-hybridized carbons (Fsp3) is 0.409. The highest BCUT2D eigenvalue weighted by atomic mass is 19.1. The van der Waals surface area contributed by atoms with E-state index in [0.717, 1.165) is 25.1 Å². The number of halogens is 1. The van der Waals surface area contributed by atoms with Crippen molar-refractivity contribution in [3.05, 3.63) is 47.7 Å². The molecule has 8 nitrogen and oxygen atoms in total. The normalized spacial score (nSPS) is 21.7. The van der Waals surface area contributed by atoms with Crippen LogP contribution < -0.4 is 10.5 Å². The van der Waals surface area contributed by atoms with Crippen LogP contribution in [0.1, 0.15) is 17.5 Å². The van der Waals surface area contributed by atoms with Crippen LogP contribution in [0.3, 0.4) is 0 Å². The van der Waals surface area contributed by atoms with Crippen LogP contribution in [0.15, 0.2) is 30.7 Å². The van der Waals surface area contributed by atoms with E-state index in [4.69, 9.17) is 10.5 Å². The lowest BCUT2D eigenvalue weighted by Crippen LogP contribution is -2.52. The second kappa shape index (κ2) is 7.58. The van der Waals surface area contributed by atoms with E-state index in [1.807, 2.05) is 11.8 Å². The summed E-state index contributed by atoms with van der Waals surface area (Å²) in [6.45, 7) is 3.51. The topological polar surface area (TPSA) is 100 Å². The molecule has 2 fully saturated rings. The maximum Gasteiger partial charge on any atom is 0.240 e. The summed E-state index contributed by atoms with van der Waals surface area (Å²) in [5.74, 6) is -0.243. The summed E-state index contributed by atoms with van der Waals surface area (Å²) in [7, 11) is 2.09. The molecular weight excluding hydrogens is 399 g/mol. The summed E-state index contributed by atoms with van der Waals surface area (Å²) < 4.78 is 20.5. The molecule has 3 N–H and O–H groups in total. The Hall–Kier alpha value is -3.04. The van der Waals surface area contributed by atoms with Crippen molar-refractivity contribution in [1.29, 1.82) is 0 Å². The zero-order valence-corrected chi connectivity index (χ0v) is 17.5. The molecule has 1 aromatic carbocycles. The molecule has 162 valence electrons. The van der Waals surface area contributed by atoms with Crippen LogP contribution in [0.5, 0.6) is 11.6 Å². The van der Waals surface area contributed by atoms with Crippen molar-refractivity contribution in [2.24, 2.45) is 5.73 Å². The van der Waals surface area contributed by atoms with Gasteiger partial charge in [0.15, 0.2) is 11.6 Å². The molecule has 0 spiro atoms. The number of nitrogens with zero attached hydrogens (tertiary/aromatic N) is 4. The van der Waals surface area contributed by atoms with E-state index in [0.29, 0.717) is 22.6 Å². The molecule has 1 amide bonds. The summed E-state index contributed by atoms with van der Waals surface area (Å²) in [5.41, 5.74) is 8.39. The summed E-state index contributed by atoms with van der Waals surface area (Å²) >= 11 is 0. The highest BCUT2D eigenvalue weighted by molar-refractivity contribution is 5.84. The molecule has 2 bridgehead atoms. The fourth-order valence-corrected chi connectivity index (χ4v) is 4.71. The molecule has 5 rings (SSSR count). The van der Waals surface area contributed by atoms with Crippen molar-refractivity contribution in [2.75, 3.05) is 20.1 Å². The predicted octanol–water partition coefficient (Wildman–Crippen LogP) is 1.98. The standard InChI is InChI=1S/C22H25FN6O2/c1-12-8-25-20-19(12)21(27-11-26-20)31-18-4-3-13(5-16(18)23)6-17(24)22(30)29-10-14-7-15(29)9-28(14)2/h3-5,8,11,14-15,17H,6-7,9-10,24H2,1-2H3,(H,25,26,27)/t14-,15-,17-/m0/s1. The van der Waals surface area contributed by atoms with Crippen molar-refractivity contribution in [1.82, 2.24) is 24.8 Å². The third-order valence-corrected chi connectivity index (χ3v) is 6.41. The number of ether oxygens (including phenoxy) is 1. The minimum Gasteiger partial charge on any atom is -0.435 e. The summed E-state index contributed by atoms with van der Waals surface area (Å²) in [5, 5.41) is 0.712. The van der Waals surface area contributed by atoms with Crippen molar-refractivity contribution in [3.63, 3.8) is 0 Å². The number of aryl methyl sites for hydroxylation is 1. The Kier molecular flexibility index (Phi) is 4.86. The molecule has 2 aliphatic rings. The Morgan fingerprint density at radius 2 is 2.19 bits per heavy atom. The molecule has 0 unspecified atom stereocenters. The highest BCUT2D eigenvalue weighted by Crippen LogP contribution is 2.32. The number of aromatic nitrogens is 3. The number of fused-ring (bicyclic) bond motifs is 3. The highest BCUT2D eigenvalue weighted by Gasteiger charge is 2.44. The lowest BCUT2D eigenvalue weighted by molar-refractivity contribution is -0.134. The first-order chi connectivity index (χ1) is 14.9. The molecule has 31 heavy (non-hydrogen) atoms. The van der Waals surface area contributed by atoms with Gasteiger partial charge in [0.2, 0.25) is 11.8 Å². The van der Waals surface area contributed by atoms with Crippen LogP contribution in [-0.4, -0.2) is 68.9 Å². The van der Waals surface area contributed by atoms with E-state index in [9.17, 15) is 9.18 Å². The smallest absolute Gasteiger partial charge is 0.240 e. The van der Waals surface area contributed by atoms with Gasteiger partial charge in [0.1, 0.15) is 12.0 Å².